The van der Waals surface area contributed by atoms with Crippen LogP contribution in [0, 0.1) is 18.8 Å². The van der Waals surface area contributed by atoms with Crippen molar-refractivity contribution >= 4 is 17.7 Å². The van der Waals surface area contributed by atoms with Crippen molar-refractivity contribution in [1.29, 1.82) is 0 Å². The van der Waals surface area contributed by atoms with E-state index in [1.54, 1.807) is 11.8 Å². The van der Waals surface area contributed by atoms with Crippen molar-refractivity contribution in [3.05, 3.63) is 35.4 Å². The zero-order valence-corrected chi connectivity index (χ0v) is 16.7. The molecule has 1 N–H and O–H groups in total. The lowest BCUT2D eigenvalue weighted by molar-refractivity contribution is -0.118. The van der Waals surface area contributed by atoms with Crippen LogP contribution in [0.4, 0.5) is 0 Å². The molecule has 2 bridgehead atoms. The molecular formula is C21H30N2O2S. The summed E-state index contributed by atoms with van der Waals surface area (Å²) in [6, 6.07) is 8.67. The second-order valence-electron chi connectivity index (χ2n) is 8.07. The lowest BCUT2D eigenvalue weighted by Crippen LogP contribution is -2.42. The summed E-state index contributed by atoms with van der Waals surface area (Å²) < 4.78 is 6.51. The predicted molar refractivity (Wildman–Crippen MR) is 106 cm³/mol. The number of likely N-dealkylation sites (tertiary alicyclic amines) is 1. The number of nitrogens with one attached hydrogen (secondary N) is 1. The quantitative estimate of drug-likeness (QED) is 0.797. The molecule has 3 aliphatic heterocycles. The number of amides is 1. The van der Waals surface area contributed by atoms with E-state index in [0.29, 0.717) is 23.7 Å². The van der Waals surface area contributed by atoms with Crippen molar-refractivity contribution < 1.29 is 9.53 Å². The van der Waals surface area contributed by atoms with Crippen LogP contribution in [0.3, 0.4) is 0 Å². The van der Waals surface area contributed by atoms with E-state index >= 15 is 0 Å². The van der Waals surface area contributed by atoms with Crippen LogP contribution in [0.2, 0.25) is 0 Å². The Kier molecular flexibility index (Phi) is 5.31. The molecule has 4 atom stereocenters. The average Bonchev–Trinajstić information content (AvgIpc) is 3.28. The van der Waals surface area contributed by atoms with Gasteiger partial charge in [-0.05, 0) is 36.6 Å². The molecule has 0 saturated carbocycles. The molecule has 1 amide bonds. The molecule has 0 aliphatic carbocycles. The zero-order valence-electron chi connectivity index (χ0n) is 15.9. The van der Waals surface area contributed by atoms with Gasteiger partial charge in [-0.2, -0.15) is 11.8 Å². The van der Waals surface area contributed by atoms with Gasteiger partial charge in [-0.1, -0.05) is 31.2 Å². The van der Waals surface area contributed by atoms with Gasteiger partial charge in [0.1, 0.15) is 0 Å². The summed E-state index contributed by atoms with van der Waals surface area (Å²) in [7, 11) is 0. The highest BCUT2D eigenvalue weighted by atomic mass is 32.2. The summed E-state index contributed by atoms with van der Waals surface area (Å²) in [6.45, 7) is 8.20. The molecule has 142 valence electrons. The van der Waals surface area contributed by atoms with Crippen LogP contribution in [0.15, 0.2) is 24.3 Å². The number of carbonyl (C=O) groups excluding carboxylic acids is 1. The highest BCUT2D eigenvalue weighted by Gasteiger charge is 2.62. The van der Waals surface area contributed by atoms with E-state index in [4.69, 9.17) is 4.74 Å². The fraction of sp³-hybridized carbons (Fsp3) is 0.667. The van der Waals surface area contributed by atoms with Crippen molar-refractivity contribution in [3.63, 3.8) is 0 Å². The lowest BCUT2D eigenvalue weighted by Gasteiger charge is -2.29. The minimum Gasteiger partial charge on any atom is -0.370 e. The first kappa shape index (κ1) is 18.3. The number of carbonyl (C=O) groups is 1. The highest BCUT2D eigenvalue weighted by Crippen LogP contribution is 2.54. The average molecular weight is 375 g/mol. The Morgan fingerprint density at radius 2 is 2.27 bits per heavy atom. The van der Waals surface area contributed by atoms with Gasteiger partial charge in [-0.3, -0.25) is 9.69 Å². The fourth-order valence-electron chi connectivity index (χ4n) is 5.19. The molecule has 5 heteroatoms. The predicted octanol–water partition coefficient (Wildman–Crippen LogP) is 2.84. The van der Waals surface area contributed by atoms with Gasteiger partial charge >= 0.3 is 0 Å². The Hall–Kier alpha value is -1.04. The molecule has 0 aromatic heterocycles. The molecule has 26 heavy (non-hydrogen) atoms. The van der Waals surface area contributed by atoms with Crippen molar-refractivity contribution in [2.45, 2.75) is 44.9 Å². The first-order valence-electron chi connectivity index (χ1n) is 9.90. The summed E-state index contributed by atoms with van der Waals surface area (Å²) >= 11 is 1.68. The standard InChI is InChI=1S/C21H30N2O2S/c1-3-26-13-20(24)22-10-17-18-12-23(11-16-7-5-4-6-15(16)2)14-21(18)9-8-19(17)25-21/h4-7,17-19H,3,8-14H2,1-2H3,(H,22,24)/t17-,18+,19+,21+/m0/s1. The molecule has 1 spiro atoms. The molecule has 1 aromatic carbocycles. The minimum atomic E-state index is 0.0426. The van der Waals surface area contributed by atoms with E-state index in [1.165, 1.54) is 17.5 Å². The second kappa shape index (κ2) is 7.53. The molecule has 4 rings (SSSR count). The number of rotatable bonds is 7. The number of hydrogen-bond acceptors (Lipinski definition) is 4. The van der Waals surface area contributed by atoms with Crippen molar-refractivity contribution in [1.82, 2.24) is 10.2 Å². The second-order valence-corrected chi connectivity index (χ2v) is 9.34. The summed E-state index contributed by atoms with van der Waals surface area (Å²) in [5, 5.41) is 3.17. The van der Waals surface area contributed by atoms with Crippen LogP contribution in [-0.4, -0.2) is 53.7 Å². The summed E-state index contributed by atoms with van der Waals surface area (Å²) in [5.41, 5.74) is 2.82. The summed E-state index contributed by atoms with van der Waals surface area (Å²) in [5.74, 6) is 2.76. The smallest absolute Gasteiger partial charge is 0.230 e. The van der Waals surface area contributed by atoms with E-state index in [2.05, 4.69) is 48.3 Å². The molecule has 0 unspecified atom stereocenters. The van der Waals surface area contributed by atoms with Crippen LogP contribution in [0.1, 0.15) is 30.9 Å². The van der Waals surface area contributed by atoms with Crippen LogP contribution < -0.4 is 5.32 Å². The topological polar surface area (TPSA) is 41.6 Å². The van der Waals surface area contributed by atoms with E-state index in [1.807, 2.05) is 0 Å². The van der Waals surface area contributed by atoms with Gasteiger partial charge in [0.25, 0.3) is 0 Å². The lowest BCUT2D eigenvalue weighted by atomic mass is 9.73. The number of aryl methyl sites for hydroxylation is 1. The highest BCUT2D eigenvalue weighted by molar-refractivity contribution is 7.99. The monoisotopic (exact) mass is 374 g/mol. The van der Waals surface area contributed by atoms with Crippen LogP contribution in [0.25, 0.3) is 0 Å². The number of benzene rings is 1. The van der Waals surface area contributed by atoms with Gasteiger partial charge in [-0.25, -0.2) is 0 Å². The van der Waals surface area contributed by atoms with Gasteiger partial charge in [0, 0.05) is 38.0 Å². The normalized spacial score (nSPS) is 32.8. The molecule has 4 nitrogen and oxygen atoms in total. The van der Waals surface area contributed by atoms with Gasteiger partial charge in [0.15, 0.2) is 0 Å². The molecular weight excluding hydrogens is 344 g/mol. The molecule has 3 aliphatic rings. The maximum Gasteiger partial charge on any atom is 0.230 e. The molecule has 3 heterocycles. The van der Waals surface area contributed by atoms with Crippen LogP contribution in [-0.2, 0) is 16.1 Å². The third kappa shape index (κ3) is 3.41. The Morgan fingerprint density at radius 3 is 3.08 bits per heavy atom. The Balaban J connectivity index is 1.38. The maximum absolute atomic E-state index is 12.0. The Morgan fingerprint density at radius 1 is 1.42 bits per heavy atom. The first-order chi connectivity index (χ1) is 12.6. The van der Waals surface area contributed by atoms with Crippen molar-refractivity contribution in [2.75, 3.05) is 31.1 Å². The first-order valence-corrected chi connectivity index (χ1v) is 11.1. The summed E-state index contributed by atoms with van der Waals surface area (Å²) in [6.07, 6.45) is 2.68. The maximum atomic E-state index is 12.0. The van der Waals surface area contributed by atoms with Crippen LogP contribution >= 0.6 is 11.8 Å². The van der Waals surface area contributed by atoms with Crippen molar-refractivity contribution in [2.24, 2.45) is 11.8 Å². The van der Waals surface area contributed by atoms with Crippen LogP contribution in [0.5, 0.6) is 0 Å². The minimum absolute atomic E-state index is 0.0426. The van der Waals surface area contributed by atoms with E-state index in [-0.39, 0.29) is 11.5 Å². The number of thioether (sulfide) groups is 1. The molecule has 1 aromatic rings. The van der Waals surface area contributed by atoms with Gasteiger partial charge < -0.3 is 10.1 Å². The van der Waals surface area contributed by atoms with Gasteiger partial charge in [0.05, 0.1) is 17.5 Å². The summed E-state index contributed by atoms with van der Waals surface area (Å²) in [4.78, 5) is 14.6. The molecule has 3 saturated heterocycles. The molecule has 3 fully saturated rings. The largest absolute Gasteiger partial charge is 0.370 e. The number of ether oxygens (including phenoxy) is 1. The van der Waals surface area contributed by atoms with Gasteiger partial charge in [-0.15, -0.1) is 0 Å². The number of nitrogens with zero attached hydrogens (tertiary/aromatic N) is 1. The van der Waals surface area contributed by atoms with E-state index in [0.717, 1.165) is 38.4 Å². The fourth-order valence-corrected chi connectivity index (χ4v) is 5.68. The van der Waals surface area contributed by atoms with Gasteiger partial charge in [0.2, 0.25) is 5.91 Å². The van der Waals surface area contributed by atoms with E-state index < -0.39 is 0 Å². The van der Waals surface area contributed by atoms with E-state index in [9.17, 15) is 4.79 Å². The third-order valence-corrected chi connectivity index (χ3v) is 7.36. The number of fused-ring (bicyclic) bond motifs is 1. The SMILES string of the molecule is CCSCC(=O)NC[C@H]1[C@H]2CN(Cc3ccccc3C)C[C@]23CC[C@H]1O3. The Bertz CT molecular complexity index is 667. The number of hydrogen-bond donors (Lipinski definition) is 1. The third-order valence-electron chi connectivity index (χ3n) is 6.48. The molecule has 0 radical (unpaired) electrons. The van der Waals surface area contributed by atoms with Crippen molar-refractivity contribution in [3.8, 4) is 0 Å². The Labute approximate surface area is 161 Å². The zero-order chi connectivity index (χ0) is 18.1.